The molecule has 0 amide bonds. The smallest absolute Gasteiger partial charge is 0.308 e. The molecule has 19 heavy (non-hydrogen) atoms. The van der Waals surface area contributed by atoms with Gasteiger partial charge in [0.15, 0.2) is 8.32 Å². The van der Waals surface area contributed by atoms with Crippen molar-refractivity contribution in [2.75, 3.05) is 0 Å². The quantitative estimate of drug-likeness (QED) is 0.794. The topological polar surface area (TPSA) is 49.7 Å². The molecule has 0 heterocycles. The maximum absolute atomic E-state index is 9.93. The van der Waals surface area contributed by atoms with Gasteiger partial charge in [0, 0.05) is 0 Å². The Morgan fingerprint density at radius 1 is 1.16 bits per heavy atom. The summed E-state index contributed by atoms with van der Waals surface area (Å²) in [6.45, 7) is 10.2. The Kier molecular flexibility index (Phi) is 5.79. The third kappa shape index (κ3) is 5.90. The van der Waals surface area contributed by atoms with Crippen molar-refractivity contribution in [3.8, 4) is 5.75 Å². The Bertz CT molecular complexity index is 404. The first-order valence-corrected chi connectivity index (χ1v) is 12.1. The number of hydrogen-bond acceptors (Lipinski definition) is 3. The fourth-order valence-electron chi connectivity index (χ4n) is 2.14. The highest BCUT2D eigenvalue weighted by Crippen LogP contribution is 2.24. The van der Waals surface area contributed by atoms with Gasteiger partial charge in [-0.25, -0.2) is 0 Å². The standard InChI is InChI=1S/C14H26O3Si2/c1-11-9-13(10-12(2)14(11)15)7-6-8-18(16)17-19(3,4)5/h9-10,15-16,18H,6-8H2,1-5H3. The summed E-state index contributed by atoms with van der Waals surface area (Å²) >= 11 is 0. The first kappa shape index (κ1) is 16.4. The van der Waals surface area contributed by atoms with Crippen LogP contribution >= 0.6 is 0 Å². The van der Waals surface area contributed by atoms with Crippen LogP contribution < -0.4 is 0 Å². The van der Waals surface area contributed by atoms with E-state index in [4.69, 9.17) is 4.12 Å². The van der Waals surface area contributed by atoms with E-state index >= 15 is 0 Å². The molecule has 1 aromatic carbocycles. The Hall–Kier alpha value is -0.626. The molecule has 0 spiro atoms. The monoisotopic (exact) mass is 298 g/mol. The van der Waals surface area contributed by atoms with Crippen LogP contribution in [0.4, 0.5) is 0 Å². The van der Waals surface area contributed by atoms with Gasteiger partial charge in [-0.2, -0.15) is 0 Å². The number of hydrogen-bond donors (Lipinski definition) is 2. The van der Waals surface area contributed by atoms with Crippen LogP contribution in [0.15, 0.2) is 12.1 Å². The lowest BCUT2D eigenvalue weighted by Crippen LogP contribution is -2.34. The van der Waals surface area contributed by atoms with E-state index in [-0.39, 0.29) is 0 Å². The van der Waals surface area contributed by atoms with Gasteiger partial charge >= 0.3 is 9.28 Å². The highest BCUT2D eigenvalue weighted by atomic mass is 28.4. The van der Waals surface area contributed by atoms with Gasteiger partial charge in [-0.05, 0) is 69.1 Å². The van der Waals surface area contributed by atoms with Crippen molar-refractivity contribution in [2.45, 2.75) is 52.4 Å². The Morgan fingerprint density at radius 2 is 1.68 bits per heavy atom. The summed E-state index contributed by atoms with van der Waals surface area (Å²) in [7, 11) is -3.59. The van der Waals surface area contributed by atoms with Gasteiger partial charge < -0.3 is 14.0 Å². The highest BCUT2D eigenvalue weighted by Gasteiger charge is 2.20. The minimum absolute atomic E-state index is 0.389. The average molecular weight is 299 g/mol. The maximum atomic E-state index is 9.93. The molecule has 0 bridgehead atoms. The second-order valence-corrected chi connectivity index (χ2v) is 12.8. The van der Waals surface area contributed by atoms with Crippen molar-refractivity contribution in [3.63, 3.8) is 0 Å². The molecule has 0 radical (unpaired) electrons. The zero-order valence-corrected chi connectivity index (χ0v) is 14.8. The lowest BCUT2D eigenvalue weighted by Gasteiger charge is -2.21. The predicted octanol–water partition coefficient (Wildman–Crippen LogP) is 3.01. The van der Waals surface area contributed by atoms with Gasteiger partial charge in [-0.1, -0.05) is 12.1 Å². The summed E-state index contributed by atoms with van der Waals surface area (Å²) in [5, 5.41) is 9.72. The molecular formula is C14H26O3Si2. The van der Waals surface area contributed by atoms with Crippen molar-refractivity contribution in [1.82, 2.24) is 0 Å². The molecule has 0 fully saturated rings. The van der Waals surface area contributed by atoms with E-state index in [1.54, 1.807) is 0 Å². The van der Waals surface area contributed by atoms with Crippen LogP contribution in [0.2, 0.25) is 25.7 Å². The molecule has 3 nitrogen and oxygen atoms in total. The van der Waals surface area contributed by atoms with Crippen LogP contribution in [0, 0.1) is 13.8 Å². The molecule has 1 aromatic rings. The van der Waals surface area contributed by atoms with Crippen LogP contribution in [-0.4, -0.2) is 27.5 Å². The first-order chi connectivity index (χ1) is 8.69. The van der Waals surface area contributed by atoms with Crippen LogP contribution in [0.5, 0.6) is 5.75 Å². The Morgan fingerprint density at radius 3 is 2.16 bits per heavy atom. The van der Waals surface area contributed by atoms with E-state index in [1.807, 2.05) is 26.0 Å². The molecule has 0 saturated heterocycles. The molecule has 1 atom stereocenters. The van der Waals surface area contributed by atoms with Gasteiger partial charge in [0.25, 0.3) is 0 Å². The number of aryl methyl sites for hydroxylation is 3. The van der Waals surface area contributed by atoms with Gasteiger partial charge in [-0.15, -0.1) is 0 Å². The maximum Gasteiger partial charge on any atom is 0.308 e. The minimum Gasteiger partial charge on any atom is -0.507 e. The van der Waals surface area contributed by atoms with Gasteiger partial charge in [0.1, 0.15) is 5.75 Å². The molecule has 0 aliphatic heterocycles. The molecule has 0 saturated carbocycles. The third-order valence-electron chi connectivity index (χ3n) is 2.96. The summed E-state index contributed by atoms with van der Waals surface area (Å²) in [6.07, 6.45) is 1.88. The summed E-state index contributed by atoms with van der Waals surface area (Å²) in [5.41, 5.74) is 3.07. The second kappa shape index (κ2) is 6.70. The van der Waals surface area contributed by atoms with Crippen molar-refractivity contribution in [3.05, 3.63) is 28.8 Å². The first-order valence-electron chi connectivity index (χ1n) is 6.84. The van der Waals surface area contributed by atoms with Crippen LogP contribution in [0.1, 0.15) is 23.1 Å². The largest absolute Gasteiger partial charge is 0.507 e. The normalized spacial score (nSPS) is 13.6. The molecular weight excluding hydrogens is 272 g/mol. The fourth-order valence-corrected chi connectivity index (χ4v) is 6.43. The SMILES string of the molecule is Cc1cc(CCC[SiH](O)O[Si](C)(C)C)cc(C)c1O. The van der Waals surface area contributed by atoms with E-state index in [0.717, 1.165) is 30.0 Å². The molecule has 1 unspecified atom stereocenters. The number of aromatic hydroxyl groups is 1. The molecule has 1 rings (SSSR count). The zero-order valence-electron chi connectivity index (χ0n) is 12.7. The summed E-state index contributed by atoms with van der Waals surface area (Å²) in [6, 6.07) is 4.84. The van der Waals surface area contributed by atoms with Gasteiger partial charge in [-0.3, -0.25) is 0 Å². The lowest BCUT2D eigenvalue weighted by molar-refractivity contribution is 0.409. The fraction of sp³-hybridized carbons (Fsp3) is 0.571. The highest BCUT2D eigenvalue weighted by molar-refractivity contribution is 6.75. The Balaban J connectivity index is 2.46. The summed E-state index contributed by atoms with van der Waals surface area (Å²) in [4.78, 5) is 9.93. The predicted molar refractivity (Wildman–Crippen MR) is 84.5 cm³/mol. The Labute approximate surface area is 119 Å². The summed E-state index contributed by atoms with van der Waals surface area (Å²) in [5.74, 6) is 0.389. The third-order valence-corrected chi connectivity index (χ3v) is 7.78. The zero-order chi connectivity index (χ0) is 14.6. The van der Waals surface area contributed by atoms with Crippen molar-refractivity contribution in [1.29, 1.82) is 0 Å². The van der Waals surface area contributed by atoms with Crippen molar-refractivity contribution < 1.29 is 14.0 Å². The van der Waals surface area contributed by atoms with Gasteiger partial charge in [0.05, 0.1) is 0 Å². The van der Waals surface area contributed by atoms with E-state index in [1.165, 1.54) is 5.56 Å². The molecule has 108 valence electrons. The second-order valence-electron chi connectivity index (χ2n) is 6.16. The number of phenolic OH excluding ortho intramolecular Hbond substituents is 1. The number of rotatable bonds is 6. The average Bonchev–Trinajstić information content (AvgIpc) is 2.23. The lowest BCUT2D eigenvalue weighted by atomic mass is 10.0. The van der Waals surface area contributed by atoms with E-state index in [2.05, 4.69) is 19.6 Å². The minimum atomic E-state index is -1.99. The molecule has 0 aliphatic rings. The van der Waals surface area contributed by atoms with Crippen LogP contribution in [0.25, 0.3) is 0 Å². The van der Waals surface area contributed by atoms with Crippen molar-refractivity contribution in [2.24, 2.45) is 0 Å². The van der Waals surface area contributed by atoms with E-state index < -0.39 is 17.6 Å². The summed E-state index contributed by atoms with van der Waals surface area (Å²) < 4.78 is 5.74. The number of benzene rings is 1. The van der Waals surface area contributed by atoms with Gasteiger partial charge in [0.2, 0.25) is 0 Å². The number of phenols is 1. The van der Waals surface area contributed by atoms with E-state index in [9.17, 15) is 9.90 Å². The molecule has 0 aromatic heterocycles. The molecule has 5 heteroatoms. The molecule has 2 N–H and O–H groups in total. The van der Waals surface area contributed by atoms with Crippen LogP contribution in [-0.2, 0) is 10.5 Å². The molecule has 0 aliphatic carbocycles. The van der Waals surface area contributed by atoms with E-state index in [0.29, 0.717) is 5.75 Å². The van der Waals surface area contributed by atoms with Crippen LogP contribution in [0.3, 0.4) is 0 Å². The van der Waals surface area contributed by atoms with Crippen molar-refractivity contribution >= 4 is 17.6 Å².